The second kappa shape index (κ2) is 13.9. The lowest BCUT2D eigenvalue weighted by molar-refractivity contribution is -0.0318. The molecule has 2 N–H and O–H groups in total. The highest BCUT2D eigenvalue weighted by molar-refractivity contribution is 14.0. The van der Waals surface area contributed by atoms with E-state index in [9.17, 15) is 0 Å². The molecule has 1 unspecified atom stereocenters. The molecule has 8 heteroatoms. The smallest absolute Gasteiger partial charge is 0.191 e. The molecule has 7 nitrogen and oxygen atoms in total. The van der Waals surface area contributed by atoms with Crippen LogP contribution in [0.2, 0.25) is 0 Å². The highest BCUT2D eigenvalue weighted by atomic mass is 127. The van der Waals surface area contributed by atoms with E-state index >= 15 is 0 Å². The summed E-state index contributed by atoms with van der Waals surface area (Å²) in [5.41, 5.74) is 1.16. The monoisotopic (exact) mass is 532 g/mol. The Morgan fingerprint density at radius 2 is 2.03 bits per heavy atom. The van der Waals surface area contributed by atoms with E-state index in [2.05, 4.69) is 34.6 Å². The van der Waals surface area contributed by atoms with Crippen LogP contribution in [-0.4, -0.2) is 71.2 Å². The lowest BCUT2D eigenvalue weighted by Crippen LogP contribution is -2.44. The predicted molar refractivity (Wildman–Crippen MR) is 133 cm³/mol. The number of hydrogen-bond donors (Lipinski definition) is 2. The first-order valence-corrected chi connectivity index (χ1v) is 10.9. The van der Waals surface area contributed by atoms with Crippen molar-refractivity contribution in [2.45, 2.75) is 44.8 Å². The summed E-state index contributed by atoms with van der Waals surface area (Å²) in [6.07, 6.45) is 4.40. The molecule has 1 aromatic carbocycles. The Balaban J connectivity index is 0.00000320. The van der Waals surface area contributed by atoms with Gasteiger partial charge in [0.1, 0.15) is 5.75 Å². The third-order valence-corrected chi connectivity index (χ3v) is 5.39. The van der Waals surface area contributed by atoms with Crippen molar-refractivity contribution in [3.63, 3.8) is 0 Å². The van der Waals surface area contributed by atoms with E-state index in [1.54, 1.807) is 7.11 Å². The van der Waals surface area contributed by atoms with Gasteiger partial charge < -0.3 is 29.7 Å². The van der Waals surface area contributed by atoms with Crippen molar-refractivity contribution in [2.24, 2.45) is 4.99 Å². The zero-order chi connectivity index (χ0) is 20.3. The highest BCUT2D eigenvalue weighted by Crippen LogP contribution is 2.30. The number of para-hydroxylation sites is 2. The van der Waals surface area contributed by atoms with Crippen LogP contribution in [0, 0.1) is 0 Å². The molecule has 30 heavy (non-hydrogen) atoms. The van der Waals surface area contributed by atoms with E-state index in [0.29, 0.717) is 12.1 Å². The highest BCUT2D eigenvalue weighted by Gasteiger charge is 2.25. The van der Waals surface area contributed by atoms with E-state index in [1.807, 2.05) is 12.1 Å². The molecule has 3 rings (SSSR count). The second-order valence-electron chi connectivity index (χ2n) is 7.54. The summed E-state index contributed by atoms with van der Waals surface area (Å²) in [7, 11) is 1.73. The SMILES string of the molecule is CCNC(=NCCCOC1CCOCC1)NC1CCN(c2ccccc2OC)C1.I. The van der Waals surface area contributed by atoms with Gasteiger partial charge in [-0.25, -0.2) is 0 Å². The Morgan fingerprint density at radius 3 is 2.80 bits per heavy atom. The molecule has 1 atom stereocenters. The Bertz CT molecular complexity index is 641. The fraction of sp³-hybridized carbons (Fsp3) is 0.682. The molecule has 2 fully saturated rings. The van der Waals surface area contributed by atoms with Crippen LogP contribution in [0.5, 0.6) is 5.75 Å². The lowest BCUT2D eigenvalue weighted by Gasteiger charge is -2.22. The third kappa shape index (κ3) is 7.77. The molecular weight excluding hydrogens is 495 g/mol. The van der Waals surface area contributed by atoms with E-state index in [4.69, 9.17) is 19.2 Å². The maximum absolute atomic E-state index is 5.93. The van der Waals surface area contributed by atoms with Crippen molar-refractivity contribution in [1.29, 1.82) is 0 Å². The number of nitrogens with one attached hydrogen (secondary N) is 2. The van der Waals surface area contributed by atoms with Crippen molar-refractivity contribution >= 4 is 35.6 Å². The van der Waals surface area contributed by atoms with Crippen LogP contribution < -0.4 is 20.3 Å². The van der Waals surface area contributed by atoms with Crippen molar-refractivity contribution in [3.8, 4) is 5.75 Å². The number of rotatable bonds is 9. The first kappa shape index (κ1) is 25.0. The largest absolute Gasteiger partial charge is 0.495 e. The van der Waals surface area contributed by atoms with Gasteiger partial charge in [0.05, 0.1) is 18.9 Å². The van der Waals surface area contributed by atoms with Crippen LogP contribution in [0.25, 0.3) is 0 Å². The van der Waals surface area contributed by atoms with Crippen molar-refractivity contribution in [2.75, 3.05) is 58.0 Å². The fourth-order valence-electron chi connectivity index (χ4n) is 3.85. The zero-order valence-electron chi connectivity index (χ0n) is 18.3. The number of hydrogen-bond acceptors (Lipinski definition) is 5. The zero-order valence-corrected chi connectivity index (χ0v) is 20.6. The molecule has 2 saturated heterocycles. The van der Waals surface area contributed by atoms with Gasteiger partial charge in [-0.1, -0.05) is 12.1 Å². The van der Waals surface area contributed by atoms with E-state index in [-0.39, 0.29) is 24.0 Å². The molecule has 0 aromatic heterocycles. The normalized spacial score (nSPS) is 20.0. The minimum absolute atomic E-state index is 0. The number of guanidine groups is 1. The Morgan fingerprint density at radius 1 is 1.23 bits per heavy atom. The molecule has 170 valence electrons. The van der Waals surface area contributed by atoms with E-state index < -0.39 is 0 Å². The average Bonchev–Trinajstić information content (AvgIpc) is 3.22. The van der Waals surface area contributed by atoms with Crippen molar-refractivity contribution < 1.29 is 14.2 Å². The molecule has 0 radical (unpaired) electrons. The lowest BCUT2D eigenvalue weighted by atomic mass is 10.1. The number of nitrogens with zero attached hydrogens (tertiary/aromatic N) is 2. The summed E-state index contributed by atoms with van der Waals surface area (Å²) in [4.78, 5) is 7.11. The van der Waals surface area contributed by atoms with Gasteiger partial charge in [0.25, 0.3) is 0 Å². The molecular formula is C22H37IN4O3. The van der Waals surface area contributed by atoms with Gasteiger partial charge in [0, 0.05) is 52.0 Å². The van der Waals surface area contributed by atoms with E-state index in [1.165, 1.54) is 0 Å². The number of methoxy groups -OCH3 is 1. The molecule has 1 aromatic rings. The maximum Gasteiger partial charge on any atom is 0.191 e. The van der Waals surface area contributed by atoms with Gasteiger partial charge in [-0.3, -0.25) is 4.99 Å². The summed E-state index contributed by atoms with van der Waals surface area (Å²) >= 11 is 0. The molecule has 2 aliphatic rings. The summed E-state index contributed by atoms with van der Waals surface area (Å²) in [5, 5.41) is 6.96. The average molecular weight is 532 g/mol. The second-order valence-corrected chi connectivity index (χ2v) is 7.54. The number of anilines is 1. The Hall–Kier alpha value is -1.26. The van der Waals surface area contributed by atoms with Crippen LogP contribution in [0.4, 0.5) is 5.69 Å². The van der Waals surface area contributed by atoms with Crippen LogP contribution in [0.15, 0.2) is 29.3 Å². The maximum atomic E-state index is 5.93. The van der Waals surface area contributed by atoms with Crippen LogP contribution in [0.3, 0.4) is 0 Å². The van der Waals surface area contributed by atoms with Gasteiger partial charge in [0.2, 0.25) is 0 Å². The summed E-state index contributed by atoms with van der Waals surface area (Å²) in [5.74, 6) is 1.82. The standard InChI is InChI=1S/C22H36N4O3.HI/c1-3-23-22(24-12-6-14-29-19-10-15-28-16-11-19)25-18-9-13-26(17-18)20-7-4-5-8-21(20)27-2;/h4-5,7-8,18-19H,3,6,9-17H2,1-2H3,(H2,23,24,25);1H. The van der Waals surface area contributed by atoms with Gasteiger partial charge in [-0.15, -0.1) is 24.0 Å². The van der Waals surface area contributed by atoms with Gasteiger partial charge in [-0.05, 0) is 44.7 Å². The summed E-state index contributed by atoms with van der Waals surface area (Å²) in [6.45, 7) is 8.08. The molecule has 0 saturated carbocycles. The van der Waals surface area contributed by atoms with Crippen molar-refractivity contribution in [3.05, 3.63) is 24.3 Å². The first-order chi connectivity index (χ1) is 14.3. The Kier molecular flexibility index (Phi) is 11.6. The summed E-state index contributed by atoms with van der Waals surface area (Å²) in [6, 6.07) is 8.59. The minimum Gasteiger partial charge on any atom is -0.495 e. The Labute approximate surface area is 197 Å². The third-order valence-electron chi connectivity index (χ3n) is 5.39. The van der Waals surface area contributed by atoms with Gasteiger partial charge in [0.15, 0.2) is 5.96 Å². The summed E-state index contributed by atoms with van der Waals surface area (Å²) < 4.78 is 16.8. The molecule has 0 aliphatic carbocycles. The molecule has 0 bridgehead atoms. The predicted octanol–water partition coefficient (Wildman–Crippen LogP) is 3.03. The fourth-order valence-corrected chi connectivity index (χ4v) is 3.85. The number of ether oxygens (including phenoxy) is 3. The minimum atomic E-state index is 0. The molecule has 2 heterocycles. The van der Waals surface area contributed by atoms with Gasteiger partial charge >= 0.3 is 0 Å². The quantitative estimate of drug-likeness (QED) is 0.221. The number of aliphatic imine (C=N–C) groups is 1. The van der Waals surface area contributed by atoms with Crippen LogP contribution in [-0.2, 0) is 9.47 Å². The molecule has 0 spiro atoms. The van der Waals surface area contributed by atoms with Crippen LogP contribution in [0.1, 0.15) is 32.6 Å². The molecule has 2 aliphatic heterocycles. The topological polar surface area (TPSA) is 67.4 Å². The molecule has 0 amide bonds. The van der Waals surface area contributed by atoms with E-state index in [0.717, 1.165) is 89.1 Å². The van der Waals surface area contributed by atoms with Crippen LogP contribution >= 0.6 is 24.0 Å². The number of halogens is 1. The van der Waals surface area contributed by atoms with Gasteiger partial charge in [-0.2, -0.15) is 0 Å². The first-order valence-electron chi connectivity index (χ1n) is 10.9. The van der Waals surface area contributed by atoms with Crippen molar-refractivity contribution in [1.82, 2.24) is 10.6 Å². The number of benzene rings is 1.